The highest BCUT2D eigenvalue weighted by Crippen LogP contribution is 2.17. The maximum atomic E-state index is 5.64. The third-order valence-electron chi connectivity index (χ3n) is 2.43. The van der Waals surface area contributed by atoms with E-state index in [1.165, 1.54) is 0 Å². The Hall–Kier alpha value is -0.450. The second-order valence-corrected chi connectivity index (χ2v) is 4.02. The summed E-state index contributed by atoms with van der Waals surface area (Å²) in [6.45, 7) is 9.99. The molecule has 0 aromatic heterocycles. The SMILES string of the molecule is CCOC1(OCC)CN=CC(C(C)C)N1. The average Bonchev–Trinajstić information content (AvgIpc) is 2.18. The molecule has 0 saturated carbocycles. The van der Waals surface area contributed by atoms with Crippen LogP contribution in [-0.2, 0) is 9.47 Å². The second-order valence-electron chi connectivity index (χ2n) is 4.02. The minimum Gasteiger partial charge on any atom is -0.336 e. The molecule has 4 heteroatoms. The monoisotopic (exact) mass is 214 g/mol. The summed E-state index contributed by atoms with van der Waals surface area (Å²) in [5.74, 6) is -0.234. The first kappa shape index (κ1) is 12.6. The Kier molecular flexibility index (Phi) is 4.70. The fourth-order valence-corrected chi connectivity index (χ4v) is 1.64. The lowest BCUT2D eigenvalue weighted by atomic mass is 10.0. The number of nitrogens with one attached hydrogen (secondary N) is 1. The van der Waals surface area contributed by atoms with Crippen LogP contribution in [0.25, 0.3) is 0 Å². The Morgan fingerprint density at radius 3 is 2.47 bits per heavy atom. The molecular formula is C11H22N2O2. The molecule has 0 aliphatic carbocycles. The van der Waals surface area contributed by atoms with Crippen LogP contribution in [0.15, 0.2) is 4.99 Å². The number of hydrogen-bond donors (Lipinski definition) is 1. The molecule has 1 heterocycles. The molecule has 0 fully saturated rings. The van der Waals surface area contributed by atoms with Gasteiger partial charge >= 0.3 is 0 Å². The molecule has 4 nitrogen and oxygen atoms in total. The Bertz CT molecular complexity index is 211. The van der Waals surface area contributed by atoms with Crippen molar-refractivity contribution in [1.82, 2.24) is 5.32 Å². The van der Waals surface area contributed by atoms with Crippen LogP contribution in [0.3, 0.4) is 0 Å². The lowest BCUT2D eigenvalue weighted by Crippen LogP contribution is -2.60. The highest BCUT2D eigenvalue weighted by Gasteiger charge is 2.36. The van der Waals surface area contributed by atoms with Crippen molar-refractivity contribution >= 4 is 6.21 Å². The van der Waals surface area contributed by atoms with Crippen LogP contribution < -0.4 is 5.32 Å². The van der Waals surface area contributed by atoms with Gasteiger partial charge < -0.3 is 9.47 Å². The van der Waals surface area contributed by atoms with E-state index in [2.05, 4.69) is 24.2 Å². The zero-order chi connectivity index (χ0) is 11.3. The van der Waals surface area contributed by atoms with Crippen molar-refractivity contribution < 1.29 is 9.47 Å². The van der Waals surface area contributed by atoms with E-state index in [0.717, 1.165) is 0 Å². The fraction of sp³-hybridized carbons (Fsp3) is 0.909. The fourth-order valence-electron chi connectivity index (χ4n) is 1.64. The number of rotatable bonds is 5. The third-order valence-corrected chi connectivity index (χ3v) is 2.43. The van der Waals surface area contributed by atoms with Gasteiger partial charge in [-0.25, -0.2) is 0 Å². The van der Waals surface area contributed by atoms with Crippen LogP contribution in [0.1, 0.15) is 27.7 Å². The summed E-state index contributed by atoms with van der Waals surface area (Å²) in [5.41, 5.74) is 0. The van der Waals surface area contributed by atoms with Crippen LogP contribution in [0.4, 0.5) is 0 Å². The number of ether oxygens (including phenoxy) is 2. The minimum absolute atomic E-state index is 0.219. The first-order valence-electron chi connectivity index (χ1n) is 5.69. The molecule has 0 saturated heterocycles. The van der Waals surface area contributed by atoms with Gasteiger partial charge in [-0.3, -0.25) is 10.3 Å². The number of aliphatic imine (C=N–C) groups is 1. The van der Waals surface area contributed by atoms with Crippen molar-refractivity contribution in [2.45, 2.75) is 39.6 Å². The van der Waals surface area contributed by atoms with Gasteiger partial charge in [0.2, 0.25) is 5.91 Å². The van der Waals surface area contributed by atoms with Gasteiger partial charge in [-0.15, -0.1) is 0 Å². The molecule has 0 aromatic carbocycles. The van der Waals surface area contributed by atoms with Gasteiger partial charge in [0.15, 0.2) is 0 Å². The molecule has 88 valence electrons. The van der Waals surface area contributed by atoms with E-state index in [1.54, 1.807) is 0 Å². The Morgan fingerprint density at radius 2 is 2.00 bits per heavy atom. The molecule has 1 unspecified atom stereocenters. The van der Waals surface area contributed by atoms with E-state index in [4.69, 9.17) is 9.47 Å². The summed E-state index contributed by atoms with van der Waals surface area (Å²) in [5, 5.41) is 3.37. The summed E-state index contributed by atoms with van der Waals surface area (Å²) in [7, 11) is 0. The summed E-state index contributed by atoms with van der Waals surface area (Å²) >= 11 is 0. The Labute approximate surface area is 92.1 Å². The number of hydrogen-bond acceptors (Lipinski definition) is 4. The van der Waals surface area contributed by atoms with E-state index in [9.17, 15) is 0 Å². The molecule has 15 heavy (non-hydrogen) atoms. The maximum absolute atomic E-state index is 5.64. The predicted octanol–water partition coefficient (Wildman–Crippen LogP) is 1.41. The Balaban J connectivity index is 2.69. The van der Waals surface area contributed by atoms with Crippen LogP contribution >= 0.6 is 0 Å². The topological polar surface area (TPSA) is 42.9 Å². The van der Waals surface area contributed by atoms with Gasteiger partial charge in [0.05, 0.1) is 0 Å². The molecule has 1 aliphatic heterocycles. The van der Waals surface area contributed by atoms with Crippen molar-refractivity contribution in [3.63, 3.8) is 0 Å². The molecule has 1 rings (SSSR count). The summed E-state index contributed by atoms with van der Waals surface area (Å²) < 4.78 is 11.3. The van der Waals surface area contributed by atoms with Crippen molar-refractivity contribution in [1.29, 1.82) is 0 Å². The van der Waals surface area contributed by atoms with Crippen LogP contribution in [-0.4, -0.2) is 37.9 Å². The highest BCUT2D eigenvalue weighted by molar-refractivity contribution is 5.65. The third kappa shape index (κ3) is 3.26. The first-order chi connectivity index (χ1) is 7.13. The lowest BCUT2D eigenvalue weighted by molar-refractivity contribution is -0.250. The van der Waals surface area contributed by atoms with E-state index in [-0.39, 0.29) is 6.04 Å². The highest BCUT2D eigenvalue weighted by atomic mass is 16.7. The van der Waals surface area contributed by atoms with E-state index in [0.29, 0.717) is 25.7 Å². The second kappa shape index (κ2) is 5.58. The lowest BCUT2D eigenvalue weighted by Gasteiger charge is -2.38. The molecule has 0 amide bonds. The van der Waals surface area contributed by atoms with Crippen molar-refractivity contribution in [3.8, 4) is 0 Å². The minimum atomic E-state index is -0.715. The summed E-state index contributed by atoms with van der Waals surface area (Å²) in [4.78, 5) is 4.33. The zero-order valence-electron chi connectivity index (χ0n) is 10.1. The van der Waals surface area contributed by atoms with Gasteiger partial charge in [0, 0.05) is 25.5 Å². The van der Waals surface area contributed by atoms with Crippen LogP contribution in [0, 0.1) is 5.92 Å². The van der Waals surface area contributed by atoms with E-state index >= 15 is 0 Å². The smallest absolute Gasteiger partial charge is 0.248 e. The van der Waals surface area contributed by atoms with E-state index < -0.39 is 5.91 Å². The number of nitrogens with zero attached hydrogens (tertiary/aromatic N) is 1. The normalized spacial score (nSPS) is 24.7. The molecule has 1 aliphatic rings. The van der Waals surface area contributed by atoms with Gasteiger partial charge in [0.25, 0.3) is 0 Å². The van der Waals surface area contributed by atoms with Gasteiger partial charge in [0.1, 0.15) is 6.54 Å². The van der Waals surface area contributed by atoms with Crippen LogP contribution in [0.5, 0.6) is 0 Å². The molecule has 1 N–H and O–H groups in total. The van der Waals surface area contributed by atoms with Crippen molar-refractivity contribution in [3.05, 3.63) is 0 Å². The molecule has 0 radical (unpaired) electrons. The average molecular weight is 214 g/mol. The predicted molar refractivity (Wildman–Crippen MR) is 61.1 cm³/mol. The van der Waals surface area contributed by atoms with Gasteiger partial charge in [-0.1, -0.05) is 13.8 Å². The standard InChI is InChI=1S/C11H22N2O2/c1-5-14-11(15-6-2)8-12-7-10(13-11)9(3)4/h7,9-10,13H,5-6,8H2,1-4H3. The first-order valence-corrected chi connectivity index (χ1v) is 5.69. The molecule has 0 aromatic rings. The van der Waals surface area contributed by atoms with E-state index in [1.807, 2.05) is 20.1 Å². The van der Waals surface area contributed by atoms with Crippen molar-refractivity contribution in [2.24, 2.45) is 10.9 Å². The summed E-state index contributed by atoms with van der Waals surface area (Å²) in [6.07, 6.45) is 1.95. The molecule has 0 spiro atoms. The van der Waals surface area contributed by atoms with Crippen molar-refractivity contribution in [2.75, 3.05) is 19.8 Å². The largest absolute Gasteiger partial charge is 0.336 e. The van der Waals surface area contributed by atoms with Gasteiger partial charge in [-0.2, -0.15) is 0 Å². The summed E-state index contributed by atoms with van der Waals surface area (Å²) in [6, 6.07) is 0.219. The zero-order valence-corrected chi connectivity index (χ0v) is 10.1. The molecule has 0 bridgehead atoms. The van der Waals surface area contributed by atoms with Gasteiger partial charge in [-0.05, 0) is 19.8 Å². The molecule has 1 atom stereocenters. The molecular weight excluding hydrogens is 192 g/mol. The maximum Gasteiger partial charge on any atom is 0.248 e. The van der Waals surface area contributed by atoms with Crippen LogP contribution in [0.2, 0.25) is 0 Å². The quantitative estimate of drug-likeness (QED) is 0.704. The Morgan fingerprint density at radius 1 is 1.40 bits per heavy atom.